The first kappa shape index (κ1) is 15.1. The Labute approximate surface area is 123 Å². The van der Waals surface area contributed by atoms with Crippen LogP contribution in [0.15, 0.2) is 35.4 Å². The van der Waals surface area contributed by atoms with E-state index in [4.69, 9.17) is 4.74 Å². The summed E-state index contributed by atoms with van der Waals surface area (Å²) in [5.41, 5.74) is 1.43. The second kappa shape index (κ2) is 6.92. The predicted octanol–water partition coefficient (Wildman–Crippen LogP) is 0.932. The summed E-state index contributed by atoms with van der Waals surface area (Å²) in [6.45, 7) is 0.354. The van der Waals surface area contributed by atoms with Gasteiger partial charge in [0.2, 0.25) is 5.91 Å². The van der Waals surface area contributed by atoms with Crippen molar-refractivity contribution in [3.05, 3.63) is 41.0 Å². The van der Waals surface area contributed by atoms with Gasteiger partial charge in [0, 0.05) is 12.1 Å². The number of carbonyl (C=O) groups excluding carboxylic acids is 2. The third-order valence-electron chi connectivity index (χ3n) is 3.60. The Kier molecular flexibility index (Phi) is 4.98. The Hall–Kier alpha value is -2.30. The van der Waals surface area contributed by atoms with Gasteiger partial charge < -0.3 is 20.0 Å². The number of carboxylic acid groups (broad SMARTS) is 1. The van der Waals surface area contributed by atoms with Crippen molar-refractivity contribution < 1.29 is 19.4 Å². The molecule has 0 radical (unpaired) electrons. The van der Waals surface area contributed by atoms with E-state index in [2.05, 4.69) is 5.32 Å². The number of benzene rings is 1. The number of carboxylic acids is 1. The van der Waals surface area contributed by atoms with Gasteiger partial charge in [0.15, 0.2) is 0 Å². The van der Waals surface area contributed by atoms with E-state index >= 15 is 0 Å². The molecule has 112 valence electrons. The quantitative estimate of drug-likeness (QED) is 0.874. The van der Waals surface area contributed by atoms with Crippen LogP contribution < -0.4 is 15.2 Å². The monoisotopic (exact) mass is 288 g/mol. The highest BCUT2D eigenvalue weighted by Gasteiger charge is 2.19. The molecule has 0 aromatic heterocycles. The molecule has 5 heteroatoms. The molecule has 1 amide bonds. The average Bonchev–Trinajstić information content (AvgIpc) is 2.53. The average molecular weight is 288 g/mol. The highest BCUT2D eigenvalue weighted by Crippen LogP contribution is 2.24. The van der Waals surface area contributed by atoms with Gasteiger partial charge in [0.1, 0.15) is 5.75 Å². The molecule has 0 saturated heterocycles. The molecule has 1 aliphatic carbocycles. The Morgan fingerprint density at radius 3 is 2.33 bits per heavy atom. The number of carbonyl (C=O) groups is 2. The van der Waals surface area contributed by atoms with Gasteiger partial charge >= 0.3 is 0 Å². The number of ether oxygens (including phenoxy) is 1. The summed E-state index contributed by atoms with van der Waals surface area (Å²) in [4.78, 5) is 23.2. The lowest BCUT2D eigenvalue weighted by molar-refractivity contribution is -0.299. The molecule has 1 N–H and O–H groups in total. The Bertz CT molecular complexity index is 560. The summed E-state index contributed by atoms with van der Waals surface area (Å²) in [5, 5.41) is 13.8. The zero-order valence-electron chi connectivity index (χ0n) is 12.0. The molecule has 0 aliphatic heterocycles. The van der Waals surface area contributed by atoms with E-state index < -0.39 is 5.97 Å². The number of nitrogens with one attached hydrogen (secondary N) is 1. The van der Waals surface area contributed by atoms with Crippen molar-refractivity contribution in [3.63, 3.8) is 0 Å². The van der Waals surface area contributed by atoms with Gasteiger partial charge in [-0.05, 0) is 49.0 Å². The first-order chi connectivity index (χ1) is 10.1. The SMILES string of the molecule is COc1ccc(CNC(=O)C2=C(C(=O)[O-])CCCC2)cc1. The maximum atomic E-state index is 12.1. The smallest absolute Gasteiger partial charge is 0.247 e. The molecule has 0 fully saturated rings. The third kappa shape index (κ3) is 3.84. The van der Waals surface area contributed by atoms with Crippen LogP contribution in [0.1, 0.15) is 31.2 Å². The van der Waals surface area contributed by atoms with E-state index in [0.717, 1.165) is 24.2 Å². The highest BCUT2D eigenvalue weighted by atomic mass is 16.5. The number of rotatable bonds is 5. The van der Waals surface area contributed by atoms with E-state index in [1.165, 1.54) is 0 Å². The molecule has 0 saturated carbocycles. The van der Waals surface area contributed by atoms with Gasteiger partial charge in [-0.3, -0.25) is 4.79 Å². The van der Waals surface area contributed by atoms with Gasteiger partial charge in [-0.1, -0.05) is 12.1 Å². The fourth-order valence-corrected chi connectivity index (χ4v) is 2.41. The molecule has 0 bridgehead atoms. The predicted molar refractivity (Wildman–Crippen MR) is 75.3 cm³/mol. The van der Waals surface area contributed by atoms with Crippen molar-refractivity contribution in [1.82, 2.24) is 5.32 Å². The van der Waals surface area contributed by atoms with Gasteiger partial charge in [0.05, 0.1) is 13.1 Å². The van der Waals surface area contributed by atoms with Crippen LogP contribution in [0, 0.1) is 0 Å². The topological polar surface area (TPSA) is 78.5 Å². The van der Waals surface area contributed by atoms with Crippen LogP contribution in [-0.2, 0) is 16.1 Å². The number of hydrogen-bond donors (Lipinski definition) is 1. The molecule has 5 nitrogen and oxygen atoms in total. The zero-order valence-corrected chi connectivity index (χ0v) is 12.0. The largest absolute Gasteiger partial charge is 0.545 e. The fraction of sp³-hybridized carbons (Fsp3) is 0.375. The Morgan fingerprint density at radius 1 is 1.14 bits per heavy atom. The van der Waals surface area contributed by atoms with E-state index in [0.29, 0.717) is 25.0 Å². The number of methoxy groups -OCH3 is 1. The number of hydrogen-bond acceptors (Lipinski definition) is 4. The minimum Gasteiger partial charge on any atom is -0.545 e. The highest BCUT2D eigenvalue weighted by molar-refractivity contribution is 6.01. The Balaban J connectivity index is 2.01. The normalized spacial score (nSPS) is 14.7. The van der Waals surface area contributed by atoms with Gasteiger partial charge in [0.25, 0.3) is 0 Å². The fourth-order valence-electron chi connectivity index (χ4n) is 2.41. The van der Waals surface area contributed by atoms with E-state index in [1.54, 1.807) is 7.11 Å². The molecule has 0 unspecified atom stereocenters. The lowest BCUT2D eigenvalue weighted by atomic mass is 9.91. The van der Waals surface area contributed by atoms with Crippen LogP contribution in [0.2, 0.25) is 0 Å². The molecular weight excluding hydrogens is 270 g/mol. The molecule has 2 rings (SSSR count). The van der Waals surface area contributed by atoms with Crippen molar-refractivity contribution >= 4 is 11.9 Å². The summed E-state index contributed by atoms with van der Waals surface area (Å²) in [7, 11) is 1.59. The first-order valence-electron chi connectivity index (χ1n) is 6.96. The third-order valence-corrected chi connectivity index (χ3v) is 3.60. The van der Waals surface area contributed by atoms with Crippen LogP contribution in [-0.4, -0.2) is 19.0 Å². The number of aliphatic carboxylic acids is 1. The molecule has 0 spiro atoms. The Morgan fingerprint density at radius 2 is 1.76 bits per heavy atom. The molecule has 21 heavy (non-hydrogen) atoms. The van der Waals surface area contributed by atoms with Crippen LogP contribution >= 0.6 is 0 Å². The number of amides is 1. The van der Waals surface area contributed by atoms with Gasteiger partial charge in [-0.25, -0.2) is 0 Å². The summed E-state index contributed by atoms with van der Waals surface area (Å²) < 4.78 is 5.06. The van der Waals surface area contributed by atoms with Crippen molar-refractivity contribution in [2.24, 2.45) is 0 Å². The van der Waals surface area contributed by atoms with E-state index in [1.807, 2.05) is 24.3 Å². The minimum absolute atomic E-state index is 0.147. The lowest BCUT2D eigenvalue weighted by Crippen LogP contribution is -2.32. The van der Waals surface area contributed by atoms with Crippen LogP contribution in [0.3, 0.4) is 0 Å². The maximum absolute atomic E-state index is 12.1. The van der Waals surface area contributed by atoms with Crippen LogP contribution in [0.5, 0.6) is 5.75 Å². The minimum atomic E-state index is -1.23. The van der Waals surface area contributed by atoms with E-state index in [-0.39, 0.29) is 11.5 Å². The molecule has 0 heterocycles. The van der Waals surface area contributed by atoms with Gasteiger partial charge in [-0.15, -0.1) is 0 Å². The zero-order chi connectivity index (χ0) is 15.2. The van der Waals surface area contributed by atoms with E-state index in [9.17, 15) is 14.7 Å². The standard InChI is InChI=1S/C16H19NO4/c1-21-12-8-6-11(7-9-12)10-17-15(18)13-4-2-3-5-14(13)16(19)20/h6-9H,2-5,10H2,1H3,(H,17,18)(H,19,20)/p-1. The van der Waals surface area contributed by atoms with Crippen LogP contribution in [0.25, 0.3) is 0 Å². The van der Waals surface area contributed by atoms with Gasteiger partial charge in [-0.2, -0.15) is 0 Å². The second-order valence-corrected chi connectivity index (χ2v) is 4.98. The van der Waals surface area contributed by atoms with Crippen molar-refractivity contribution in [3.8, 4) is 5.75 Å². The summed E-state index contributed by atoms with van der Waals surface area (Å²) >= 11 is 0. The molecule has 1 aromatic rings. The first-order valence-corrected chi connectivity index (χ1v) is 6.96. The molecule has 0 atom stereocenters. The maximum Gasteiger partial charge on any atom is 0.247 e. The van der Waals surface area contributed by atoms with Crippen LogP contribution in [0.4, 0.5) is 0 Å². The summed E-state index contributed by atoms with van der Waals surface area (Å²) in [6.07, 6.45) is 2.53. The van der Waals surface area contributed by atoms with Crippen molar-refractivity contribution in [1.29, 1.82) is 0 Å². The summed E-state index contributed by atoms with van der Waals surface area (Å²) in [6, 6.07) is 7.34. The summed E-state index contributed by atoms with van der Waals surface area (Å²) in [5.74, 6) is -0.798. The lowest BCUT2D eigenvalue weighted by Gasteiger charge is -2.20. The molecule has 1 aliphatic rings. The second-order valence-electron chi connectivity index (χ2n) is 4.98. The molecule has 1 aromatic carbocycles. The van der Waals surface area contributed by atoms with Crippen molar-refractivity contribution in [2.75, 3.05) is 7.11 Å². The van der Waals surface area contributed by atoms with Crippen molar-refractivity contribution in [2.45, 2.75) is 32.2 Å². The molecular formula is C16H18NO4-.